The van der Waals surface area contributed by atoms with Gasteiger partial charge in [-0.2, -0.15) is 4.72 Å². The fourth-order valence-electron chi connectivity index (χ4n) is 2.48. The fraction of sp³-hybridized carbons (Fsp3) is 0.0952. The molecule has 3 aromatic rings. The average molecular weight is 447 g/mol. The average Bonchev–Trinajstić information content (AvgIpc) is 2.70. The summed E-state index contributed by atoms with van der Waals surface area (Å²) in [6.07, 6.45) is 0. The lowest BCUT2D eigenvalue weighted by atomic mass is 10.3. The second-order valence-corrected chi connectivity index (χ2v) is 9.46. The van der Waals surface area contributed by atoms with E-state index in [1.807, 2.05) is 48.5 Å². The Kier molecular flexibility index (Phi) is 6.97. The van der Waals surface area contributed by atoms with Gasteiger partial charge in [0.05, 0.1) is 16.6 Å². The predicted molar refractivity (Wildman–Crippen MR) is 117 cm³/mol. The molecule has 0 aliphatic rings. The summed E-state index contributed by atoms with van der Waals surface area (Å²) >= 11 is 7.31. The molecule has 1 amide bonds. The number of hydrogen-bond donors (Lipinski definition) is 2. The molecule has 3 rings (SSSR count). The first kappa shape index (κ1) is 21.4. The molecule has 0 radical (unpaired) electrons. The zero-order valence-corrected chi connectivity index (χ0v) is 17.9. The minimum absolute atomic E-state index is 0.0431. The van der Waals surface area contributed by atoms with E-state index in [0.717, 1.165) is 9.79 Å². The maximum atomic E-state index is 12.6. The van der Waals surface area contributed by atoms with Gasteiger partial charge in [0.25, 0.3) is 0 Å². The van der Waals surface area contributed by atoms with Crippen molar-refractivity contribution in [3.63, 3.8) is 0 Å². The summed E-state index contributed by atoms with van der Waals surface area (Å²) in [5.74, 6) is -0.455. The first-order valence-electron chi connectivity index (χ1n) is 8.76. The van der Waals surface area contributed by atoms with Gasteiger partial charge < -0.3 is 5.32 Å². The summed E-state index contributed by atoms with van der Waals surface area (Å²) in [5, 5.41) is 3.24. The van der Waals surface area contributed by atoms with Crippen molar-refractivity contribution in [3.05, 3.63) is 83.9 Å². The molecule has 0 heterocycles. The number of nitrogens with one attached hydrogen (secondary N) is 2. The number of sulfonamides is 1. The van der Waals surface area contributed by atoms with Crippen LogP contribution >= 0.6 is 23.4 Å². The molecule has 3 aromatic carbocycles. The Labute approximate surface area is 179 Å². The first-order valence-corrected chi connectivity index (χ1v) is 11.4. The number of hydrogen-bond acceptors (Lipinski definition) is 4. The van der Waals surface area contributed by atoms with Crippen molar-refractivity contribution in [2.24, 2.45) is 0 Å². The fourth-order valence-corrected chi connectivity index (χ4v) is 4.74. The van der Waals surface area contributed by atoms with Gasteiger partial charge in [-0.3, -0.25) is 4.79 Å². The van der Waals surface area contributed by atoms with Gasteiger partial charge in [-0.25, -0.2) is 8.42 Å². The molecule has 0 aliphatic carbocycles. The minimum Gasteiger partial charge on any atom is -0.324 e. The molecule has 29 heavy (non-hydrogen) atoms. The van der Waals surface area contributed by atoms with Crippen molar-refractivity contribution < 1.29 is 13.2 Å². The Bertz CT molecular complexity index is 1090. The van der Waals surface area contributed by atoms with E-state index in [0.29, 0.717) is 10.7 Å². The number of anilines is 1. The van der Waals surface area contributed by atoms with Gasteiger partial charge in [-0.1, -0.05) is 53.7 Å². The van der Waals surface area contributed by atoms with Crippen molar-refractivity contribution in [2.75, 3.05) is 5.32 Å². The molecule has 1 atom stereocenters. The molecule has 0 fully saturated rings. The molecular weight excluding hydrogens is 428 g/mol. The van der Waals surface area contributed by atoms with Crippen LogP contribution in [0.15, 0.2) is 93.5 Å². The number of carbonyl (C=O) groups is 1. The Morgan fingerprint density at radius 2 is 1.55 bits per heavy atom. The lowest BCUT2D eigenvalue weighted by Gasteiger charge is -2.16. The van der Waals surface area contributed by atoms with Gasteiger partial charge in [0.2, 0.25) is 15.9 Å². The number of amides is 1. The smallest absolute Gasteiger partial charge is 0.242 e. The highest BCUT2D eigenvalue weighted by atomic mass is 35.5. The van der Waals surface area contributed by atoms with Crippen LogP contribution in [-0.4, -0.2) is 20.4 Å². The van der Waals surface area contributed by atoms with Crippen molar-refractivity contribution >= 4 is 45.0 Å². The third-order valence-corrected chi connectivity index (χ3v) is 6.86. The van der Waals surface area contributed by atoms with E-state index in [-0.39, 0.29) is 4.90 Å². The third kappa shape index (κ3) is 5.83. The van der Waals surface area contributed by atoms with E-state index in [2.05, 4.69) is 10.0 Å². The SMILES string of the molecule is CC(NS(=O)(=O)c1ccc(Cl)cc1)C(=O)Nc1ccccc1Sc1ccccc1. The van der Waals surface area contributed by atoms with Gasteiger partial charge in [0.15, 0.2) is 0 Å². The zero-order chi connectivity index (χ0) is 20.9. The normalized spacial score (nSPS) is 12.3. The minimum atomic E-state index is -3.85. The number of carbonyl (C=O) groups excluding carboxylic acids is 1. The van der Waals surface area contributed by atoms with E-state index in [9.17, 15) is 13.2 Å². The summed E-state index contributed by atoms with van der Waals surface area (Å²) in [6.45, 7) is 1.50. The molecule has 0 aromatic heterocycles. The summed E-state index contributed by atoms with van der Waals surface area (Å²) in [6, 6.07) is 21.9. The van der Waals surface area contributed by atoms with Crippen LogP contribution in [0.4, 0.5) is 5.69 Å². The zero-order valence-electron chi connectivity index (χ0n) is 15.5. The molecule has 1 unspecified atom stereocenters. The van der Waals surface area contributed by atoms with Crippen LogP contribution in [-0.2, 0) is 14.8 Å². The predicted octanol–water partition coefficient (Wildman–Crippen LogP) is 4.80. The molecule has 0 saturated carbocycles. The van der Waals surface area contributed by atoms with Crippen LogP contribution in [0.3, 0.4) is 0 Å². The van der Waals surface area contributed by atoms with Gasteiger partial charge in [-0.15, -0.1) is 0 Å². The topological polar surface area (TPSA) is 75.3 Å². The Morgan fingerprint density at radius 3 is 2.24 bits per heavy atom. The number of benzene rings is 3. The third-order valence-electron chi connectivity index (χ3n) is 3.97. The maximum absolute atomic E-state index is 12.6. The van der Waals surface area contributed by atoms with Gasteiger partial charge in [-0.05, 0) is 55.5 Å². The molecule has 5 nitrogen and oxygen atoms in total. The maximum Gasteiger partial charge on any atom is 0.242 e. The van der Waals surface area contributed by atoms with Gasteiger partial charge >= 0.3 is 0 Å². The molecule has 0 bridgehead atoms. The summed E-state index contributed by atoms with van der Waals surface area (Å²) < 4.78 is 27.4. The van der Waals surface area contributed by atoms with Crippen molar-refractivity contribution in [1.82, 2.24) is 4.72 Å². The highest BCUT2D eigenvalue weighted by Gasteiger charge is 2.22. The van der Waals surface area contributed by atoms with Crippen LogP contribution in [0.1, 0.15) is 6.92 Å². The van der Waals surface area contributed by atoms with Crippen molar-refractivity contribution in [3.8, 4) is 0 Å². The largest absolute Gasteiger partial charge is 0.324 e. The van der Waals surface area contributed by atoms with Crippen LogP contribution < -0.4 is 10.0 Å². The van der Waals surface area contributed by atoms with E-state index >= 15 is 0 Å². The highest BCUT2D eigenvalue weighted by molar-refractivity contribution is 7.99. The number of para-hydroxylation sites is 1. The van der Waals surface area contributed by atoms with Crippen molar-refractivity contribution in [1.29, 1.82) is 0 Å². The van der Waals surface area contributed by atoms with Crippen LogP contribution in [0.2, 0.25) is 5.02 Å². The van der Waals surface area contributed by atoms with E-state index in [1.54, 1.807) is 6.07 Å². The van der Waals surface area contributed by atoms with Crippen LogP contribution in [0, 0.1) is 0 Å². The summed E-state index contributed by atoms with van der Waals surface area (Å²) in [5.41, 5.74) is 0.615. The van der Waals surface area contributed by atoms with E-state index in [4.69, 9.17) is 11.6 Å². The van der Waals surface area contributed by atoms with Gasteiger partial charge in [0, 0.05) is 14.8 Å². The molecule has 0 saturated heterocycles. The first-order chi connectivity index (χ1) is 13.8. The highest BCUT2D eigenvalue weighted by Crippen LogP contribution is 2.33. The van der Waals surface area contributed by atoms with E-state index < -0.39 is 22.0 Å². The standard InChI is InChI=1S/C21H19ClN2O3S2/c1-15(24-29(26,27)18-13-11-16(22)12-14-18)21(25)23-19-9-5-6-10-20(19)28-17-7-3-2-4-8-17/h2-15,24H,1H3,(H,23,25). The van der Waals surface area contributed by atoms with Crippen LogP contribution in [0.25, 0.3) is 0 Å². The monoisotopic (exact) mass is 446 g/mol. The Hall–Kier alpha value is -2.32. The second kappa shape index (κ2) is 9.45. The Morgan fingerprint density at radius 1 is 0.931 bits per heavy atom. The molecule has 8 heteroatoms. The molecular formula is C21H19ClN2O3S2. The van der Waals surface area contributed by atoms with Crippen molar-refractivity contribution in [2.45, 2.75) is 27.7 Å². The number of halogens is 1. The summed E-state index contributed by atoms with van der Waals surface area (Å²) in [7, 11) is -3.85. The lowest BCUT2D eigenvalue weighted by molar-refractivity contribution is -0.117. The summed E-state index contributed by atoms with van der Waals surface area (Å²) in [4.78, 5) is 14.5. The molecule has 150 valence electrons. The second-order valence-electron chi connectivity index (χ2n) is 6.20. The lowest BCUT2D eigenvalue weighted by Crippen LogP contribution is -2.41. The van der Waals surface area contributed by atoms with E-state index in [1.165, 1.54) is 43.0 Å². The molecule has 0 aliphatic heterocycles. The Balaban J connectivity index is 1.71. The van der Waals surface area contributed by atoms with Gasteiger partial charge in [0.1, 0.15) is 0 Å². The van der Waals surface area contributed by atoms with Crippen LogP contribution in [0.5, 0.6) is 0 Å². The molecule has 2 N–H and O–H groups in total. The quantitative estimate of drug-likeness (QED) is 0.546. The molecule has 0 spiro atoms. The number of rotatable bonds is 7.